The molecule has 1 N–H and O–H groups in total. The average Bonchev–Trinajstić information content (AvgIpc) is 2.72. The first kappa shape index (κ1) is 22.4. The fourth-order valence-corrected chi connectivity index (χ4v) is 2.77. The number of amides is 2. The van der Waals surface area contributed by atoms with Crippen LogP contribution in [0.4, 0.5) is 4.39 Å². The molecule has 0 fully saturated rings. The van der Waals surface area contributed by atoms with Crippen molar-refractivity contribution in [1.29, 1.82) is 0 Å². The minimum atomic E-state index is -0.641. The Morgan fingerprint density at radius 1 is 1.10 bits per heavy atom. The third-order valence-corrected chi connectivity index (χ3v) is 4.65. The van der Waals surface area contributed by atoms with Crippen LogP contribution in [-0.4, -0.2) is 35.9 Å². The quantitative estimate of drug-likeness (QED) is 0.617. The Kier molecular flexibility index (Phi) is 8.65. The Hall–Kier alpha value is -2.89. The normalized spacial score (nSPS) is 11.6. The maximum absolute atomic E-state index is 13.0. The molecule has 0 saturated heterocycles. The van der Waals surface area contributed by atoms with Crippen LogP contribution in [0.2, 0.25) is 0 Å². The minimum Gasteiger partial charge on any atom is -0.484 e. The summed E-state index contributed by atoms with van der Waals surface area (Å²) in [6.07, 6.45) is 1.87. The first-order chi connectivity index (χ1) is 13.9. The molecule has 0 aliphatic rings. The van der Waals surface area contributed by atoms with Gasteiger partial charge in [-0.25, -0.2) is 4.39 Å². The number of halogens is 1. The molecule has 0 bridgehead atoms. The van der Waals surface area contributed by atoms with Gasteiger partial charge in [0.15, 0.2) is 6.61 Å². The number of aryl methyl sites for hydroxylation is 1. The molecule has 0 saturated carbocycles. The highest BCUT2D eigenvalue weighted by atomic mass is 19.1. The van der Waals surface area contributed by atoms with Gasteiger partial charge in [0.2, 0.25) is 5.91 Å². The van der Waals surface area contributed by atoms with E-state index in [2.05, 4.69) is 12.2 Å². The maximum atomic E-state index is 13.0. The van der Waals surface area contributed by atoms with E-state index in [1.165, 1.54) is 29.2 Å². The minimum absolute atomic E-state index is 0.194. The lowest BCUT2D eigenvalue weighted by atomic mass is 10.1. The first-order valence-corrected chi connectivity index (χ1v) is 9.91. The predicted octanol–water partition coefficient (Wildman–Crippen LogP) is 3.85. The number of unbranched alkanes of at least 4 members (excludes halogenated alkanes) is 1. The number of carbonyl (C=O) groups is 2. The molecule has 0 aromatic heterocycles. The highest BCUT2D eigenvalue weighted by Gasteiger charge is 2.26. The van der Waals surface area contributed by atoms with Gasteiger partial charge in [-0.2, -0.15) is 0 Å². The zero-order chi connectivity index (χ0) is 21.2. The molecule has 1 atom stereocenters. The van der Waals surface area contributed by atoms with Gasteiger partial charge in [0, 0.05) is 13.1 Å². The van der Waals surface area contributed by atoms with Gasteiger partial charge in [0.05, 0.1) is 0 Å². The molecule has 0 radical (unpaired) electrons. The molecule has 0 spiro atoms. The molecule has 0 aliphatic heterocycles. The molecule has 156 valence electrons. The monoisotopic (exact) mass is 400 g/mol. The Labute approximate surface area is 171 Å². The van der Waals surface area contributed by atoms with E-state index in [9.17, 15) is 14.0 Å². The predicted molar refractivity (Wildman–Crippen MR) is 111 cm³/mol. The topological polar surface area (TPSA) is 58.6 Å². The van der Waals surface area contributed by atoms with E-state index < -0.39 is 6.04 Å². The van der Waals surface area contributed by atoms with Crippen LogP contribution in [0.15, 0.2) is 48.5 Å². The number of benzene rings is 2. The van der Waals surface area contributed by atoms with Crippen LogP contribution < -0.4 is 10.1 Å². The number of carbonyl (C=O) groups excluding carboxylic acids is 2. The van der Waals surface area contributed by atoms with Crippen LogP contribution in [-0.2, 0) is 16.1 Å². The summed E-state index contributed by atoms with van der Waals surface area (Å²) in [5.74, 6) is -0.481. The van der Waals surface area contributed by atoms with E-state index in [1.54, 1.807) is 6.92 Å². The average molecular weight is 400 g/mol. The lowest BCUT2D eigenvalue weighted by Crippen LogP contribution is -2.49. The molecule has 2 aromatic rings. The zero-order valence-corrected chi connectivity index (χ0v) is 17.3. The van der Waals surface area contributed by atoms with Crippen LogP contribution in [0.3, 0.4) is 0 Å². The van der Waals surface area contributed by atoms with Gasteiger partial charge < -0.3 is 15.0 Å². The van der Waals surface area contributed by atoms with Gasteiger partial charge >= 0.3 is 0 Å². The summed E-state index contributed by atoms with van der Waals surface area (Å²) in [5, 5.41) is 2.88. The van der Waals surface area contributed by atoms with E-state index in [4.69, 9.17) is 4.74 Å². The van der Waals surface area contributed by atoms with Crippen molar-refractivity contribution in [1.82, 2.24) is 10.2 Å². The summed E-state index contributed by atoms with van der Waals surface area (Å²) >= 11 is 0. The number of nitrogens with one attached hydrogen (secondary N) is 1. The summed E-state index contributed by atoms with van der Waals surface area (Å²) in [7, 11) is 0. The molecule has 29 heavy (non-hydrogen) atoms. The van der Waals surface area contributed by atoms with Crippen LogP contribution in [0, 0.1) is 12.7 Å². The molecule has 2 aromatic carbocycles. The number of nitrogens with zero attached hydrogens (tertiary/aromatic N) is 1. The van der Waals surface area contributed by atoms with E-state index in [1.807, 2.05) is 31.2 Å². The van der Waals surface area contributed by atoms with Crippen LogP contribution in [0.1, 0.15) is 37.8 Å². The van der Waals surface area contributed by atoms with Gasteiger partial charge in [-0.05, 0) is 50.1 Å². The summed E-state index contributed by atoms with van der Waals surface area (Å²) in [6, 6.07) is 12.7. The number of hydrogen-bond acceptors (Lipinski definition) is 3. The fourth-order valence-electron chi connectivity index (χ4n) is 2.77. The summed E-state index contributed by atoms with van der Waals surface area (Å²) in [4.78, 5) is 26.9. The standard InChI is InChI=1S/C23H29FN2O3/c1-4-5-14-25-23(28)18(3)26(15-19-8-6-17(2)7-9-19)22(27)16-29-21-12-10-20(24)11-13-21/h6-13,18H,4-5,14-16H2,1-3H3,(H,25,28)/t18-/m0/s1. The second-order valence-corrected chi connectivity index (χ2v) is 7.07. The molecule has 0 heterocycles. The first-order valence-electron chi connectivity index (χ1n) is 9.91. The van der Waals surface area contributed by atoms with Gasteiger partial charge in [0.1, 0.15) is 17.6 Å². The lowest BCUT2D eigenvalue weighted by Gasteiger charge is -2.28. The molecule has 5 nitrogen and oxygen atoms in total. The summed E-state index contributed by atoms with van der Waals surface area (Å²) < 4.78 is 18.5. The molecular weight excluding hydrogens is 371 g/mol. The molecule has 2 rings (SSSR count). The van der Waals surface area contributed by atoms with Crippen LogP contribution in [0.25, 0.3) is 0 Å². The third-order valence-electron chi connectivity index (χ3n) is 4.65. The lowest BCUT2D eigenvalue weighted by molar-refractivity contribution is -0.142. The SMILES string of the molecule is CCCCNC(=O)[C@H](C)N(Cc1ccc(C)cc1)C(=O)COc1ccc(F)cc1. The van der Waals surface area contributed by atoms with Gasteiger partial charge in [0.25, 0.3) is 5.91 Å². The van der Waals surface area contributed by atoms with Crippen molar-refractivity contribution in [3.8, 4) is 5.75 Å². The van der Waals surface area contributed by atoms with Crippen molar-refractivity contribution in [3.63, 3.8) is 0 Å². The smallest absolute Gasteiger partial charge is 0.261 e. The maximum Gasteiger partial charge on any atom is 0.261 e. The largest absolute Gasteiger partial charge is 0.484 e. The Bertz CT molecular complexity index is 791. The Morgan fingerprint density at radius 3 is 2.38 bits per heavy atom. The fraction of sp³-hybridized carbons (Fsp3) is 0.391. The number of hydrogen-bond donors (Lipinski definition) is 1. The second kappa shape index (κ2) is 11.2. The Morgan fingerprint density at radius 2 is 1.76 bits per heavy atom. The van der Waals surface area contributed by atoms with Crippen LogP contribution >= 0.6 is 0 Å². The van der Waals surface area contributed by atoms with E-state index in [0.29, 0.717) is 18.8 Å². The van der Waals surface area contributed by atoms with Gasteiger partial charge in [-0.15, -0.1) is 0 Å². The molecule has 0 unspecified atom stereocenters. The Balaban J connectivity index is 2.08. The van der Waals surface area contributed by atoms with E-state index in [0.717, 1.165) is 24.0 Å². The summed E-state index contributed by atoms with van der Waals surface area (Å²) in [5.41, 5.74) is 2.05. The van der Waals surface area contributed by atoms with Crippen molar-refractivity contribution in [2.75, 3.05) is 13.2 Å². The van der Waals surface area contributed by atoms with Crippen molar-refractivity contribution in [2.45, 2.75) is 46.2 Å². The van der Waals surface area contributed by atoms with E-state index in [-0.39, 0.29) is 24.2 Å². The summed E-state index contributed by atoms with van der Waals surface area (Å²) in [6.45, 7) is 6.41. The zero-order valence-electron chi connectivity index (χ0n) is 17.3. The molecule has 2 amide bonds. The molecular formula is C23H29FN2O3. The number of rotatable bonds is 10. The third kappa shape index (κ3) is 7.22. The molecule has 6 heteroatoms. The second-order valence-electron chi connectivity index (χ2n) is 7.07. The van der Waals surface area contributed by atoms with Crippen molar-refractivity contribution in [3.05, 3.63) is 65.5 Å². The van der Waals surface area contributed by atoms with E-state index >= 15 is 0 Å². The highest BCUT2D eigenvalue weighted by Crippen LogP contribution is 2.14. The van der Waals surface area contributed by atoms with Gasteiger partial charge in [-0.3, -0.25) is 9.59 Å². The van der Waals surface area contributed by atoms with Crippen LogP contribution in [0.5, 0.6) is 5.75 Å². The molecule has 0 aliphatic carbocycles. The van der Waals surface area contributed by atoms with Gasteiger partial charge in [-0.1, -0.05) is 43.2 Å². The van der Waals surface area contributed by atoms with Crippen molar-refractivity contribution < 1.29 is 18.7 Å². The highest BCUT2D eigenvalue weighted by molar-refractivity contribution is 5.87. The van der Waals surface area contributed by atoms with Crippen molar-refractivity contribution in [2.24, 2.45) is 0 Å². The van der Waals surface area contributed by atoms with Crippen molar-refractivity contribution >= 4 is 11.8 Å². The number of ether oxygens (including phenoxy) is 1.